The van der Waals surface area contributed by atoms with E-state index in [1.165, 1.54) is 18.6 Å². The lowest BCUT2D eigenvalue weighted by molar-refractivity contribution is -0.146. The molecule has 13 heteroatoms. The molecule has 7 atom stereocenters. The first kappa shape index (κ1) is 40.5. The monoisotopic (exact) mass is 743 g/mol. The fraction of sp³-hybridized carbons (Fsp3) is 0.610. The van der Waals surface area contributed by atoms with Crippen LogP contribution in [-0.4, -0.2) is 80.9 Å². The summed E-state index contributed by atoms with van der Waals surface area (Å²) in [6, 6.07) is 5.06. The number of rotatable bonds is 14. The molecule has 3 unspecified atom stereocenters. The van der Waals surface area contributed by atoms with E-state index in [0.717, 1.165) is 56.9 Å². The molecular formula is C41H57N7O6. The number of benzene rings is 1. The van der Waals surface area contributed by atoms with E-state index in [1.807, 2.05) is 58.0 Å². The third-order valence-electron chi connectivity index (χ3n) is 11.4. The second-order valence-corrected chi connectivity index (χ2v) is 16.4. The molecule has 0 bridgehead atoms. The van der Waals surface area contributed by atoms with Crippen molar-refractivity contribution in [1.29, 1.82) is 0 Å². The van der Waals surface area contributed by atoms with Gasteiger partial charge in [0, 0.05) is 18.9 Å². The molecule has 292 valence electrons. The highest BCUT2D eigenvalue weighted by atomic mass is 16.2. The topological polar surface area (TPSA) is 180 Å². The SMILES string of the molecule is CCCC(NC(=O)[C@@H]1C2CCCC2CN1C(=O)[C@@H](NC(=O)[C@H](NC(=O)c1cnccn1)C1CCCCC1)C(C)(C)C)C(=O)C(=O)N[C@@H](C)c1ccccc1. The number of nitrogens with one attached hydrogen (secondary N) is 4. The number of carbonyl (C=O) groups is 6. The highest BCUT2D eigenvalue weighted by molar-refractivity contribution is 6.38. The molecule has 13 nitrogen and oxygen atoms in total. The molecule has 1 aromatic carbocycles. The molecule has 2 aliphatic carbocycles. The van der Waals surface area contributed by atoms with E-state index in [-0.39, 0.29) is 35.8 Å². The van der Waals surface area contributed by atoms with E-state index in [1.54, 1.807) is 11.8 Å². The van der Waals surface area contributed by atoms with E-state index >= 15 is 0 Å². The van der Waals surface area contributed by atoms with Crippen LogP contribution < -0.4 is 21.3 Å². The van der Waals surface area contributed by atoms with Crippen molar-refractivity contribution in [3.63, 3.8) is 0 Å². The molecule has 1 aliphatic heterocycles. The molecule has 0 spiro atoms. The summed E-state index contributed by atoms with van der Waals surface area (Å²) in [6.45, 7) is 9.61. The van der Waals surface area contributed by atoms with Crippen molar-refractivity contribution >= 4 is 35.3 Å². The maximum Gasteiger partial charge on any atom is 0.290 e. The van der Waals surface area contributed by atoms with Gasteiger partial charge in [0.15, 0.2) is 0 Å². The van der Waals surface area contributed by atoms with Gasteiger partial charge in [-0.25, -0.2) is 4.98 Å². The molecule has 2 saturated carbocycles. The lowest BCUT2D eigenvalue weighted by Crippen LogP contribution is -2.62. The van der Waals surface area contributed by atoms with Crippen molar-refractivity contribution < 1.29 is 28.8 Å². The largest absolute Gasteiger partial charge is 0.344 e. The predicted octanol–water partition coefficient (Wildman–Crippen LogP) is 4.04. The Morgan fingerprint density at radius 2 is 1.59 bits per heavy atom. The minimum absolute atomic E-state index is 0.0927. The van der Waals surface area contributed by atoms with Crippen molar-refractivity contribution in [3.05, 3.63) is 60.2 Å². The van der Waals surface area contributed by atoms with Crippen LogP contribution in [0.1, 0.15) is 121 Å². The average Bonchev–Trinajstić information content (AvgIpc) is 3.77. The van der Waals surface area contributed by atoms with Gasteiger partial charge >= 0.3 is 0 Å². The maximum atomic E-state index is 14.7. The summed E-state index contributed by atoms with van der Waals surface area (Å²) in [7, 11) is 0. The van der Waals surface area contributed by atoms with Gasteiger partial charge in [-0.2, -0.15) is 0 Å². The first-order valence-electron chi connectivity index (χ1n) is 19.7. The predicted molar refractivity (Wildman–Crippen MR) is 202 cm³/mol. The third kappa shape index (κ3) is 9.70. The Kier molecular flexibility index (Phi) is 13.6. The Morgan fingerprint density at radius 1 is 0.870 bits per heavy atom. The molecule has 3 fully saturated rings. The van der Waals surface area contributed by atoms with Crippen LogP contribution in [0, 0.1) is 23.2 Å². The van der Waals surface area contributed by atoms with Crippen LogP contribution in [0.25, 0.3) is 0 Å². The number of Topliss-reactive ketones (excluding diaryl/α,β-unsaturated/α-hetero) is 1. The summed E-state index contributed by atoms with van der Waals surface area (Å²) < 4.78 is 0. The zero-order valence-corrected chi connectivity index (χ0v) is 32.3. The summed E-state index contributed by atoms with van der Waals surface area (Å²) in [5, 5.41) is 11.6. The zero-order chi connectivity index (χ0) is 39.0. The number of carbonyl (C=O) groups excluding carboxylic acids is 6. The van der Waals surface area contributed by atoms with Crippen LogP contribution in [0.4, 0.5) is 0 Å². The molecule has 0 radical (unpaired) electrons. The Morgan fingerprint density at radius 3 is 2.24 bits per heavy atom. The minimum Gasteiger partial charge on any atom is -0.344 e. The van der Waals surface area contributed by atoms with E-state index in [9.17, 15) is 28.8 Å². The Balaban J connectivity index is 1.34. The minimum atomic E-state index is -1.06. The molecule has 5 rings (SSSR count). The average molecular weight is 744 g/mol. The number of likely N-dealkylation sites (tertiary alicyclic amines) is 1. The summed E-state index contributed by atoms with van der Waals surface area (Å²) in [6.07, 6.45) is 12.0. The Bertz CT molecular complexity index is 1640. The smallest absolute Gasteiger partial charge is 0.290 e. The fourth-order valence-electron chi connectivity index (χ4n) is 8.48. The van der Waals surface area contributed by atoms with Gasteiger partial charge in [0.25, 0.3) is 11.8 Å². The van der Waals surface area contributed by atoms with Gasteiger partial charge in [-0.3, -0.25) is 33.8 Å². The molecule has 2 heterocycles. The molecule has 2 aromatic rings. The summed E-state index contributed by atoms with van der Waals surface area (Å²) >= 11 is 0. The number of hydrogen-bond donors (Lipinski definition) is 4. The molecule has 1 saturated heterocycles. The highest BCUT2D eigenvalue weighted by Crippen LogP contribution is 2.43. The van der Waals surface area contributed by atoms with Gasteiger partial charge in [0.2, 0.25) is 23.5 Å². The van der Waals surface area contributed by atoms with Gasteiger partial charge in [0.1, 0.15) is 23.8 Å². The van der Waals surface area contributed by atoms with E-state index in [4.69, 9.17) is 0 Å². The molecule has 1 aromatic heterocycles. The van der Waals surface area contributed by atoms with E-state index < -0.39 is 65.0 Å². The molecule has 4 N–H and O–H groups in total. The number of nitrogens with zero attached hydrogens (tertiary/aromatic N) is 3. The van der Waals surface area contributed by atoms with Crippen molar-refractivity contribution in [1.82, 2.24) is 36.1 Å². The number of ketones is 1. The van der Waals surface area contributed by atoms with Crippen LogP contribution in [0.15, 0.2) is 48.9 Å². The zero-order valence-electron chi connectivity index (χ0n) is 32.3. The van der Waals surface area contributed by atoms with Crippen LogP contribution in [0.5, 0.6) is 0 Å². The summed E-state index contributed by atoms with van der Waals surface area (Å²) in [5.74, 6) is -3.49. The van der Waals surface area contributed by atoms with Gasteiger partial charge in [0.05, 0.1) is 18.3 Å². The molecule has 5 amide bonds. The van der Waals surface area contributed by atoms with E-state index in [0.29, 0.717) is 13.0 Å². The molecular weight excluding hydrogens is 686 g/mol. The number of amides is 5. The van der Waals surface area contributed by atoms with Crippen LogP contribution in [0.2, 0.25) is 0 Å². The van der Waals surface area contributed by atoms with E-state index in [2.05, 4.69) is 31.2 Å². The lowest BCUT2D eigenvalue weighted by Gasteiger charge is -2.38. The summed E-state index contributed by atoms with van der Waals surface area (Å²) in [4.78, 5) is 92.8. The van der Waals surface area contributed by atoms with Crippen molar-refractivity contribution in [2.75, 3.05) is 6.54 Å². The van der Waals surface area contributed by atoms with Crippen molar-refractivity contribution in [3.8, 4) is 0 Å². The summed E-state index contributed by atoms with van der Waals surface area (Å²) in [5.41, 5.74) is 0.182. The Hall–Kier alpha value is -4.68. The molecule has 3 aliphatic rings. The fourth-order valence-corrected chi connectivity index (χ4v) is 8.48. The normalized spacial score (nSPS) is 22.2. The first-order valence-corrected chi connectivity index (χ1v) is 19.7. The van der Waals surface area contributed by atoms with Crippen LogP contribution in [0.3, 0.4) is 0 Å². The van der Waals surface area contributed by atoms with Gasteiger partial charge in [-0.15, -0.1) is 0 Å². The number of aromatic nitrogens is 2. The highest BCUT2D eigenvalue weighted by Gasteiger charge is 2.52. The quantitative estimate of drug-likeness (QED) is 0.209. The van der Waals surface area contributed by atoms with Crippen LogP contribution in [-0.2, 0) is 24.0 Å². The van der Waals surface area contributed by atoms with Crippen LogP contribution >= 0.6 is 0 Å². The standard InChI is InChI=1S/C41H57N7O6/c1-6-14-30(34(49)39(53)44-25(2)26-15-9-7-10-16-26)45-38(52)33-29-20-13-19-28(29)24-48(33)40(54)35(41(3,4)5)47-37(51)32(27-17-11-8-12-18-27)46-36(50)31-23-42-21-22-43-31/h7,9-10,15-16,21-23,25,27-30,32-33,35H,6,8,11-14,17-20,24H2,1-5H3,(H,44,53)(H,45,52)(H,46,50)(H,47,51)/t25-,28?,29?,30?,32+,33-,35+/m0/s1. The Labute approximate surface area is 318 Å². The van der Waals surface area contributed by atoms with Gasteiger partial charge in [-0.1, -0.05) is 90.1 Å². The van der Waals surface area contributed by atoms with Gasteiger partial charge < -0.3 is 26.2 Å². The number of hydrogen-bond acceptors (Lipinski definition) is 8. The molecule has 54 heavy (non-hydrogen) atoms. The lowest BCUT2D eigenvalue weighted by atomic mass is 9.82. The number of fused-ring (bicyclic) bond motifs is 1. The maximum absolute atomic E-state index is 14.7. The second-order valence-electron chi connectivity index (χ2n) is 16.4. The van der Waals surface area contributed by atoms with Crippen molar-refractivity contribution in [2.45, 2.75) is 129 Å². The van der Waals surface area contributed by atoms with Crippen molar-refractivity contribution in [2.24, 2.45) is 23.2 Å². The second kappa shape index (κ2) is 18.1. The van der Waals surface area contributed by atoms with Gasteiger partial charge in [-0.05, 0) is 67.8 Å². The third-order valence-corrected chi connectivity index (χ3v) is 11.4. The first-order chi connectivity index (χ1) is 25.8.